The summed E-state index contributed by atoms with van der Waals surface area (Å²) in [4.78, 5) is 23.9. The number of nitrogens with two attached hydrogens (primary N) is 2. The molecular weight excluding hydrogens is 418 g/mol. The summed E-state index contributed by atoms with van der Waals surface area (Å²) in [6, 6.07) is 7.01. The van der Waals surface area contributed by atoms with Gasteiger partial charge in [0.2, 0.25) is 5.91 Å². The minimum Gasteiger partial charge on any atom is -0.491 e. The number of carbonyl (C=O) groups is 1. The molecule has 1 amide bonds. The number of aromatic nitrogens is 4. The molecule has 0 radical (unpaired) electrons. The van der Waals surface area contributed by atoms with Crippen molar-refractivity contribution in [2.45, 2.75) is 31.0 Å². The predicted molar refractivity (Wildman–Crippen MR) is 113 cm³/mol. The molecule has 1 aromatic carbocycles. The maximum Gasteiger partial charge on any atom is 0.224 e. The van der Waals surface area contributed by atoms with Gasteiger partial charge < -0.3 is 36.5 Å². The van der Waals surface area contributed by atoms with Crippen LogP contribution in [-0.4, -0.2) is 73.6 Å². The van der Waals surface area contributed by atoms with Gasteiger partial charge in [0.15, 0.2) is 17.7 Å². The highest BCUT2D eigenvalue weighted by Gasteiger charge is 2.44. The lowest BCUT2D eigenvalue weighted by molar-refractivity contribution is -0.120. The second-order valence-electron chi connectivity index (χ2n) is 7.40. The van der Waals surface area contributed by atoms with Gasteiger partial charge in [-0.2, -0.15) is 0 Å². The van der Waals surface area contributed by atoms with Crippen LogP contribution in [0, 0.1) is 0 Å². The van der Waals surface area contributed by atoms with Crippen molar-refractivity contribution >= 4 is 22.9 Å². The van der Waals surface area contributed by atoms with Gasteiger partial charge in [-0.25, -0.2) is 15.0 Å². The van der Waals surface area contributed by atoms with Crippen LogP contribution < -0.4 is 21.5 Å². The second kappa shape index (κ2) is 9.44. The molecule has 0 unspecified atom stereocenters. The molecule has 32 heavy (non-hydrogen) atoms. The minimum absolute atomic E-state index is 0.00874. The van der Waals surface area contributed by atoms with E-state index in [4.69, 9.17) is 20.9 Å². The molecular formula is C20H25N7O5. The van der Waals surface area contributed by atoms with Crippen LogP contribution in [-0.2, 0) is 16.0 Å². The number of rotatable bonds is 8. The lowest BCUT2D eigenvalue weighted by atomic mass is 10.1. The highest BCUT2D eigenvalue weighted by atomic mass is 16.6. The fourth-order valence-corrected chi connectivity index (χ4v) is 3.49. The maximum atomic E-state index is 11.8. The zero-order chi connectivity index (χ0) is 22.7. The molecule has 7 N–H and O–H groups in total. The van der Waals surface area contributed by atoms with E-state index in [0.29, 0.717) is 30.0 Å². The average molecular weight is 443 g/mol. The number of nitrogens with zero attached hydrogens (tertiary/aromatic N) is 4. The van der Waals surface area contributed by atoms with Gasteiger partial charge in [-0.15, -0.1) is 0 Å². The number of benzene rings is 1. The molecule has 1 aliphatic heterocycles. The van der Waals surface area contributed by atoms with Crippen LogP contribution in [0.2, 0.25) is 0 Å². The number of amides is 1. The summed E-state index contributed by atoms with van der Waals surface area (Å²) in [6.45, 7) is 0.836. The van der Waals surface area contributed by atoms with E-state index >= 15 is 0 Å². The molecule has 4 rings (SSSR count). The Morgan fingerprint density at radius 1 is 1.19 bits per heavy atom. The third-order valence-electron chi connectivity index (χ3n) is 5.17. The van der Waals surface area contributed by atoms with Crippen molar-refractivity contribution in [1.82, 2.24) is 24.8 Å². The highest BCUT2D eigenvalue weighted by molar-refractivity contribution is 5.81. The molecule has 1 fully saturated rings. The summed E-state index contributed by atoms with van der Waals surface area (Å²) in [7, 11) is 0. The van der Waals surface area contributed by atoms with Crippen LogP contribution in [0.3, 0.4) is 0 Å². The molecule has 3 aromatic rings. The Morgan fingerprint density at radius 3 is 2.72 bits per heavy atom. The van der Waals surface area contributed by atoms with Gasteiger partial charge in [-0.3, -0.25) is 9.36 Å². The van der Waals surface area contributed by atoms with E-state index in [1.807, 2.05) is 0 Å². The number of hydrogen-bond acceptors (Lipinski definition) is 10. The average Bonchev–Trinajstić information content (AvgIpc) is 3.34. The number of anilines is 1. The number of aliphatic hydroxyl groups is 2. The molecule has 0 aliphatic carbocycles. The number of fused-ring (bicyclic) bond motifs is 1. The van der Waals surface area contributed by atoms with Crippen molar-refractivity contribution in [1.29, 1.82) is 0 Å². The number of carbonyl (C=O) groups excluding carboxylic acids is 1. The van der Waals surface area contributed by atoms with Crippen molar-refractivity contribution < 1.29 is 24.5 Å². The van der Waals surface area contributed by atoms with Crippen LogP contribution >= 0.6 is 0 Å². The molecule has 4 atom stereocenters. The van der Waals surface area contributed by atoms with Crippen molar-refractivity contribution in [2.24, 2.45) is 5.73 Å². The summed E-state index contributed by atoms with van der Waals surface area (Å²) in [5, 5.41) is 23.7. The van der Waals surface area contributed by atoms with Gasteiger partial charge in [0.05, 0.1) is 12.7 Å². The van der Waals surface area contributed by atoms with Gasteiger partial charge in [0.25, 0.3) is 0 Å². The molecule has 12 nitrogen and oxygen atoms in total. The molecule has 3 heterocycles. The number of aliphatic hydroxyl groups excluding tert-OH is 2. The molecule has 0 bridgehead atoms. The van der Waals surface area contributed by atoms with Crippen molar-refractivity contribution in [3.8, 4) is 5.75 Å². The Bertz CT molecular complexity index is 1070. The van der Waals surface area contributed by atoms with Gasteiger partial charge in [-0.1, -0.05) is 12.1 Å². The van der Waals surface area contributed by atoms with Gasteiger partial charge >= 0.3 is 0 Å². The van der Waals surface area contributed by atoms with E-state index in [0.717, 1.165) is 5.56 Å². The quantitative estimate of drug-likeness (QED) is 0.281. The SMILES string of the molecule is NCCNC(=O)Cc1ccc(OC[C@H]2O[C@@H](n3cnc4c(N)ncnc43)[C@H](O)[C@@H]2O)cc1. The lowest BCUT2D eigenvalue weighted by Crippen LogP contribution is -2.34. The lowest BCUT2D eigenvalue weighted by Gasteiger charge is -2.16. The molecule has 12 heteroatoms. The molecule has 170 valence electrons. The summed E-state index contributed by atoms with van der Waals surface area (Å²) >= 11 is 0. The normalized spacial score (nSPS) is 22.8. The van der Waals surface area contributed by atoms with Gasteiger partial charge in [-0.05, 0) is 17.7 Å². The van der Waals surface area contributed by atoms with Crippen molar-refractivity contribution in [3.05, 3.63) is 42.5 Å². The van der Waals surface area contributed by atoms with E-state index in [9.17, 15) is 15.0 Å². The fraction of sp³-hybridized carbons (Fsp3) is 0.400. The van der Waals surface area contributed by atoms with E-state index in [1.165, 1.54) is 17.2 Å². The Hall–Kier alpha value is -3.32. The van der Waals surface area contributed by atoms with Gasteiger partial charge in [0.1, 0.15) is 42.5 Å². The van der Waals surface area contributed by atoms with Crippen LogP contribution in [0.1, 0.15) is 11.8 Å². The van der Waals surface area contributed by atoms with E-state index in [2.05, 4.69) is 20.3 Å². The molecule has 0 spiro atoms. The Balaban J connectivity index is 1.37. The predicted octanol–water partition coefficient (Wildman–Crippen LogP) is -1.28. The van der Waals surface area contributed by atoms with Crippen LogP contribution in [0.4, 0.5) is 5.82 Å². The number of nitrogens with one attached hydrogen (secondary N) is 1. The summed E-state index contributed by atoms with van der Waals surface area (Å²) in [6.07, 6.45) is -1.12. The molecule has 1 saturated heterocycles. The van der Waals surface area contributed by atoms with Gasteiger partial charge in [0, 0.05) is 13.1 Å². The van der Waals surface area contributed by atoms with Crippen LogP contribution in [0.25, 0.3) is 11.2 Å². The smallest absolute Gasteiger partial charge is 0.224 e. The second-order valence-corrected chi connectivity index (χ2v) is 7.40. The molecule has 0 saturated carbocycles. The maximum absolute atomic E-state index is 11.8. The first kappa shape index (κ1) is 21.9. The summed E-state index contributed by atoms with van der Waals surface area (Å²) < 4.78 is 13.1. The zero-order valence-corrected chi connectivity index (χ0v) is 17.2. The first-order valence-corrected chi connectivity index (χ1v) is 10.1. The van der Waals surface area contributed by atoms with Crippen LogP contribution in [0.15, 0.2) is 36.9 Å². The third kappa shape index (κ3) is 4.48. The fourth-order valence-electron chi connectivity index (χ4n) is 3.49. The zero-order valence-electron chi connectivity index (χ0n) is 17.2. The number of imidazole rings is 1. The number of hydrogen-bond donors (Lipinski definition) is 5. The minimum atomic E-state index is -1.22. The topological polar surface area (TPSA) is 184 Å². The van der Waals surface area contributed by atoms with E-state index < -0.39 is 24.5 Å². The van der Waals surface area contributed by atoms with Crippen LogP contribution in [0.5, 0.6) is 5.75 Å². The largest absolute Gasteiger partial charge is 0.491 e. The first-order valence-electron chi connectivity index (χ1n) is 10.1. The molecule has 1 aliphatic rings. The highest BCUT2D eigenvalue weighted by Crippen LogP contribution is 2.32. The third-order valence-corrected chi connectivity index (χ3v) is 5.17. The van der Waals surface area contributed by atoms with E-state index in [-0.39, 0.29) is 24.8 Å². The summed E-state index contributed by atoms with van der Waals surface area (Å²) in [5.41, 5.74) is 12.8. The Kier molecular flexibility index (Phi) is 6.46. The van der Waals surface area contributed by atoms with E-state index in [1.54, 1.807) is 24.3 Å². The van der Waals surface area contributed by atoms with Crippen molar-refractivity contribution in [3.63, 3.8) is 0 Å². The number of ether oxygens (including phenoxy) is 2. The Morgan fingerprint density at radius 2 is 1.97 bits per heavy atom. The number of nitrogen functional groups attached to an aromatic ring is 1. The molecule has 2 aromatic heterocycles. The Labute approximate surface area is 183 Å². The monoisotopic (exact) mass is 443 g/mol. The summed E-state index contributed by atoms with van der Waals surface area (Å²) in [5.74, 6) is 0.645. The standard InChI is InChI=1S/C20H25N7O5/c21-5-6-23-14(28)7-11-1-3-12(4-2-11)31-8-13-16(29)17(30)20(32-13)27-10-26-15-18(22)24-9-25-19(15)27/h1-4,9-10,13,16-17,20,29-30H,5-8,21H2,(H,23,28)(H2,22,24,25)/t13-,16-,17-,20-/m1/s1. The first-order chi connectivity index (χ1) is 15.5. The van der Waals surface area contributed by atoms with Crippen molar-refractivity contribution in [2.75, 3.05) is 25.4 Å².